The molecule has 0 atom stereocenters. The van der Waals surface area contributed by atoms with E-state index in [0.717, 1.165) is 10.2 Å². The maximum absolute atomic E-state index is 5.76. The third-order valence-electron chi connectivity index (χ3n) is 2.28. The van der Waals surface area contributed by atoms with E-state index in [-0.39, 0.29) is 0 Å². The number of pyridine rings is 1. The Kier molecular flexibility index (Phi) is 2.83. The van der Waals surface area contributed by atoms with Crippen LogP contribution in [0.5, 0.6) is 5.75 Å². The second-order valence-electron chi connectivity index (χ2n) is 3.36. The Bertz CT molecular complexity index is 284. The van der Waals surface area contributed by atoms with E-state index in [1.165, 1.54) is 25.7 Å². The lowest BCUT2D eigenvalue weighted by Crippen LogP contribution is -2.10. The van der Waals surface area contributed by atoms with Gasteiger partial charge in [-0.1, -0.05) is 0 Å². The molecule has 1 aliphatic rings. The summed E-state index contributed by atoms with van der Waals surface area (Å²) in [5, 5.41) is 0. The number of hydrogen-bond acceptors (Lipinski definition) is 2. The van der Waals surface area contributed by atoms with Crippen molar-refractivity contribution in [2.24, 2.45) is 0 Å². The van der Waals surface area contributed by atoms with Crippen LogP contribution in [0.2, 0.25) is 0 Å². The fourth-order valence-corrected chi connectivity index (χ4v) is 2.00. The lowest BCUT2D eigenvalue weighted by atomic mass is 10.3. The molecular formula is C10H12BrNO. The highest BCUT2D eigenvalue weighted by molar-refractivity contribution is 9.10. The molecule has 1 aromatic rings. The summed E-state index contributed by atoms with van der Waals surface area (Å²) in [5.41, 5.74) is 0. The van der Waals surface area contributed by atoms with Crippen molar-refractivity contribution in [2.75, 3.05) is 0 Å². The van der Waals surface area contributed by atoms with E-state index < -0.39 is 0 Å². The Hall–Kier alpha value is -0.570. The van der Waals surface area contributed by atoms with Crippen LogP contribution in [0.1, 0.15) is 25.7 Å². The van der Waals surface area contributed by atoms with Gasteiger partial charge < -0.3 is 4.74 Å². The van der Waals surface area contributed by atoms with Gasteiger partial charge in [-0.2, -0.15) is 0 Å². The average molecular weight is 242 g/mol. The molecule has 70 valence electrons. The molecule has 0 unspecified atom stereocenters. The van der Waals surface area contributed by atoms with E-state index in [1.807, 2.05) is 6.07 Å². The quantitative estimate of drug-likeness (QED) is 0.794. The monoisotopic (exact) mass is 241 g/mol. The molecule has 1 saturated carbocycles. The number of rotatable bonds is 2. The Labute approximate surface area is 86.5 Å². The fourth-order valence-electron chi connectivity index (χ4n) is 1.66. The molecule has 0 aromatic carbocycles. The van der Waals surface area contributed by atoms with Crippen LogP contribution in [0.25, 0.3) is 0 Å². The number of ether oxygens (including phenoxy) is 1. The minimum atomic E-state index is 0.413. The summed E-state index contributed by atoms with van der Waals surface area (Å²) >= 11 is 3.37. The van der Waals surface area contributed by atoms with Crippen LogP contribution in [-0.4, -0.2) is 11.1 Å². The van der Waals surface area contributed by atoms with Crippen LogP contribution in [-0.2, 0) is 0 Å². The Morgan fingerprint density at radius 1 is 1.31 bits per heavy atom. The van der Waals surface area contributed by atoms with E-state index >= 15 is 0 Å². The van der Waals surface area contributed by atoms with Gasteiger partial charge in [-0.15, -0.1) is 0 Å². The highest BCUT2D eigenvalue weighted by atomic mass is 79.9. The van der Waals surface area contributed by atoms with Gasteiger partial charge in [0.25, 0.3) is 0 Å². The Morgan fingerprint density at radius 3 is 2.77 bits per heavy atom. The zero-order valence-corrected chi connectivity index (χ0v) is 8.96. The molecule has 2 nitrogen and oxygen atoms in total. The summed E-state index contributed by atoms with van der Waals surface area (Å²) in [6.45, 7) is 0. The fraction of sp³-hybridized carbons (Fsp3) is 0.500. The number of nitrogens with zero attached hydrogens (tertiary/aromatic N) is 1. The second-order valence-corrected chi connectivity index (χ2v) is 4.28. The first-order valence-electron chi connectivity index (χ1n) is 4.62. The highest BCUT2D eigenvalue weighted by Gasteiger charge is 2.16. The van der Waals surface area contributed by atoms with Gasteiger partial charge in [0, 0.05) is 10.7 Å². The first-order chi connectivity index (χ1) is 6.34. The minimum Gasteiger partial charge on any atom is -0.489 e. The zero-order valence-electron chi connectivity index (χ0n) is 7.37. The van der Waals surface area contributed by atoms with Gasteiger partial charge in [-0.3, -0.25) is 4.98 Å². The Morgan fingerprint density at radius 2 is 2.08 bits per heavy atom. The maximum atomic E-state index is 5.76. The van der Waals surface area contributed by atoms with Crippen molar-refractivity contribution in [3.63, 3.8) is 0 Å². The third kappa shape index (κ3) is 2.44. The van der Waals surface area contributed by atoms with Crippen LogP contribution in [0.4, 0.5) is 0 Å². The van der Waals surface area contributed by atoms with Gasteiger partial charge >= 0.3 is 0 Å². The van der Waals surface area contributed by atoms with E-state index in [1.54, 1.807) is 12.4 Å². The first-order valence-corrected chi connectivity index (χ1v) is 5.41. The largest absolute Gasteiger partial charge is 0.489 e. The van der Waals surface area contributed by atoms with Gasteiger partial charge in [0.15, 0.2) is 0 Å². The van der Waals surface area contributed by atoms with Crippen LogP contribution >= 0.6 is 15.9 Å². The molecule has 0 radical (unpaired) electrons. The molecule has 0 amide bonds. The molecular weight excluding hydrogens is 230 g/mol. The molecule has 0 spiro atoms. The SMILES string of the molecule is Brc1cncc(OC2CCCC2)c1. The zero-order chi connectivity index (χ0) is 9.10. The van der Waals surface area contributed by atoms with Crippen LogP contribution in [0, 0.1) is 0 Å². The van der Waals surface area contributed by atoms with Crippen molar-refractivity contribution in [2.45, 2.75) is 31.8 Å². The second kappa shape index (κ2) is 4.09. The van der Waals surface area contributed by atoms with Gasteiger partial charge in [-0.25, -0.2) is 0 Å². The van der Waals surface area contributed by atoms with Crippen LogP contribution in [0.3, 0.4) is 0 Å². The lowest BCUT2D eigenvalue weighted by molar-refractivity contribution is 0.209. The van der Waals surface area contributed by atoms with Crippen molar-refractivity contribution < 1.29 is 4.74 Å². The third-order valence-corrected chi connectivity index (χ3v) is 2.72. The minimum absolute atomic E-state index is 0.413. The number of halogens is 1. The summed E-state index contributed by atoms with van der Waals surface area (Å²) in [5.74, 6) is 0.876. The van der Waals surface area contributed by atoms with Gasteiger partial charge in [0.2, 0.25) is 0 Å². The van der Waals surface area contributed by atoms with E-state index in [4.69, 9.17) is 4.74 Å². The molecule has 1 fully saturated rings. The summed E-state index contributed by atoms with van der Waals surface area (Å²) in [4.78, 5) is 4.05. The average Bonchev–Trinajstić information content (AvgIpc) is 2.57. The van der Waals surface area contributed by atoms with E-state index in [9.17, 15) is 0 Å². The smallest absolute Gasteiger partial charge is 0.139 e. The molecule has 1 heterocycles. The topological polar surface area (TPSA) is 22.1 Å². The van der Waals surface area contributed by atoms with Crippen molar-refractivity contribution in [3.05, 3.63) is 22.9 Å². The maximum Gasteiger partial charge on any atom is 0.139 e. The molecule has 13 heavy (non-hydrogen) atoms. The normalized spacial score (nSPS) is 17.6. The van der Waals surface area contributed by atoms with Gasteiger partial charge in [-0.05, 0) is 47.7 Å². The van der Waals surface area contributed by atoms with Crippen molar-refractivity contribution in [1.29, 1.82) is 0 Å². The molecule has 1 aromatic heterocycles. The summed E-state index contributed by atoms with van der Waals surface area (Å²) in [7, 11) is 0. The van der Waals surface area contributed by atoms with Crippen molar-refractivity contribution >= 4 is 15.9 Å². The van der Waals surface area contributed by atoms with Crippen molar-refractivity contribution in [3.8, 4) is 5.75 Å². The van der Waals surface area contributed by atoms with E-state index in [0.29, 0.717) is 6.10 Å². The summed E-state index contributed by atoms with van der Waals surface area (Å²) in [6, 6.07) is 1.96. The van der Waals surface area contributed by atoms with Gasteiger partial charge in [0.1, 0.15) is 5.75 Å². The standard InChI is InChI=1S/C10H12BrNO/c11-8-5-10(7-12-6-8)13-9-3-1-2-4-9/h5-7,9H,1-4H2. The van der Waals surface area contributed by atoms with Crippen LogP contribution < -0.4 is 4.74 Å². The summed E-state index contributed by atoms with van der Waals surface area (Å²) < 4.78 is 6.74. The predicted octanol–water partition coefficient (Wildman–Crippen LogP) is 3.17. The molecule has 0 N–H and O–H groups in total. The van der Waals surface area contributed by atoms with E-state index in [2.05, 4.69) is 20.9 Å². The molecule has 0 aliphatic heterocycles. The predicted molar refractivity (Wildman–Crippen MR) is 54.8 cm³/mol. The molecule has 0 saturated heterocycles. The first kappa shape index (κ1) is 9.00. The highest BCUT2D eigenvalue weighted by Crippen LogP contribution is 2.24. The van der Waals surface area contributed by atoms with Crippen LogP contribution in [0.15, 0.2) is 22.9 Å². The number of aromatic nitrogens is 1. The number of hydrogen-bond donors (Lipinski definition) is 0. The molecule has 2 rings (SSSR count). The van der Waals surface area contributed by atoms with Crippen molar-refractivity contribution in [1.82, 2.24) is 4.98 Å². The molecule has 1 aliphatic carbocycles. The lowest BCUT2D eigenvalue weighted by Gasteiger charge is -2.12. The van der Waals surface area contributed by atoms with Gasteiger partial charge in [0.05, 0.1) is 12.3 Å². The summed E-state index contributed by atoms with van der Waals surface area (Å²) in [6.07, 6.45) is 8.91. The molecule has 3 heteroatoms. The Balaban J connectivity index is 2.00. The molecule has 0 bridgehead atoms.